The molecule has 0 amide bonds. The molecule has 0 aromatic carbocycles. The monoisotopic (exact) mass is 253 g/mol. The van der Waals surface area contributed by atoms with Crippen molar-refractivity contribution in [3.05, 3.63) is 11.4 Å². The molecule has 1 heterocycles. The molecule has 0 bridgehead atoms. The molecule has 4 nitrogen and oxygen atoms in total. The average molecular weight is 253 g/mol. The maximum absolute atomic E-state index is 5.82. The Morgan fingerprint density at radius 2 is 1.89 bits per heavy atom. The largest absolute Gasteiger partial charge is 0.490 e. The van der Waals surface area contributed by atoms with Crippen molar-refractivity contribution in [1.29, 1.82) is 0 Å². The third-order valence-corrected chi connectivity index (χ3v) is 3.19. The van der Waals surface area contributed by atoms with Gasteiger partial charge in [-0.15, -0.1) is 0 Å². The van der Waals surface area contributed by atoms with Gasteiger partial charge in [-0.1, -0.05) is 19.8 Å². The number of rotatable bonds is 9. The zero-order chi connectivity index (χ0) is 13.4. The zero-order valence-electron chi connectivity index (χ0n) is 12.3. The van der Waals surface area contributed by atoms with Crippen molar-refractivity contribution in [3.8, 4) is 5.75 Å². The van der Waals surface area contributed by atoms with E-state index in [9.17, 15) is 0 Å². The minimum Gasteiger partial charge on any atom is -0.490 e. The number of aromatic nitrogens is 2. The molecule has 0 saturated carbocycles. The summed E-state index contributed by atoms with van der Waals surface area (Å²) in [6.07, 6.45) is 4.91. The molecule has 18 heavy (non-hydrogen) atoms. The maximum atomic E-state index is 5.82. The van der Waals surface area contributed by atoms with E-state index < -0.39 is 0 Å². The van der Waals surface area contributed by atoms with Gasteiger partial charge in [-0.25, -0.2) is 0 Å². The number of hydrogen-bond donors (Lipinski definition) is 1. The molecule has 0 unspecified atom stereocenters. The van der Waals surface area contributed by atoms with E-state index in [0.29, 0.717) is 0 Å². The molecule has 0 atom stereocenters. The Kier molecular flexibility index (Phi) is 6.80. The van der Waals surface area contributed by atoms with Crippen LogP contribution in [0.2, 0.25) is 0 Å². The first-order valence-corrected chi connectivity index (χ1v) is 7.00. The smallest absolute Gasteiger partial charge is 0.162 e. The molecular formula is C14H27N3O. The zero-order valence-corrected chi connectivity index (χ0v) is 12.3. The van der Waals surface area contributed by atoms with Crippen LogP contribution in [-0.4, -0.2) is 29.5 Å². The summed E-state index contributed by atoms with van der Waals surface area (Å²) in [5.41, 5.74) is 2.10. The molecule has 0 spiro atoms. The summed E-state index contributed by atoms with van der Waals surface area (Å²) >= 11 is 0. The number of ether oxygens (including phenoxy) is 1. The number of nitrogens with one attached hydrogen (secondary N) is 1. The van der Waals surface area contributed by atoms with Gasteiger partial charge in [0.1, 0.15) is 5.69 Å². The van der Waals surface area contributed by atoms with Crippen LogP contribution in [0.15, 0.2) is 0 Å². The molecule has 0 aliphatic rings. The summed E-state index contributed by atoms with van der Waals surface area (Å²) in [4.78, 5) is 0. The van der Waals surface area contributed by atoms with Gasteiger partial charge in [0, 0.05) is 7.05 Å². The first kappa shape index (κ1) is 15.0. The molecule has 1 rings (SSSR count). The van der Waals surface area contributed by atoms with Gasteiger partial charge in [0.15, 0.2) is 5.75 Å². The highest BCUT2D eigenvalue weighted by atomic mass is 16.5. The number of aryl methyl sites for hydroxylation is 2. The van der Waals surface area contributed by atoms with Gasteiger partial charge in [-0.2, -0.15) is 5.10 Å². The van der Waals surface area contributed by atoms with Crippen molar-refractivity contribution in [3.63, 3.8) is 0 Å². The van der Waals surface area contributed by atoms with E-state index in [-0.39, 0.29) is 0 Å². The highest BCUT2D eigenvalue weighted by molar-refractivity contribution is 5.31. The Balaban J connectivity index is 2.11. The van der Waals surface area contributed by atoms with Gasteiger partial charge in [-0.05, 0) is 39.8 Å². The van der Waals surface area contributed by atoms with Gasteiger partial charge < -0.3 is 10.1 Å². The van der Waals surface area contributed by atoms with Crippen LogP contribution in [0.25, 0.3) is 0 Å². The lowest BCUT2D eigenvalue weighted by Crippen LogP contribution is -2.13. The molecule has 1 N–H and O–H groups in total. The Labute approximate surface area is 111 Å². The molecule has 0 aliphatic carbocycles. The lowest BCUT2D eigenvalue weighted by Gasteiger charge is -2.06. The van der Waals surface area contributed by atoms with Crippen LogP contribution in [0.3, 0.4) is 0 Å². The van der Waals surface area contributed by atoms with Crippen LogP contribution < -0.4 is 10.1 Å². The van der Waals surface area contributed by atoms with Gasteiger partial charge in [0.05, 0.1) is 12.3 Å². The van der Waals surface area contributed by atoms with Crippen LogP contribution >= 0.6 is 0 Å². The summed E-state index contributed by atoms with van der Waals surface area (Å²) in [6.45, 7) is 9.20. The molecule has 4 heteroatoms. The Morgan fingerprint density at radius 1 is 1.17 bits per heavy atom. The molecular weight excluding hydrogens is 226 g/mol. The van der Waals surface area contributed by atoms with E-state index in [1.807, 2.05) is 25.6 Å². The van der Waals surface area contributed by atoms with Crippen LogP contribution in [0.4, 0.5) is 0 Å². The van der Waals surface area contributed by atoms with Crippen molar-refractivity contribution < 1.29 is 4.74 Å². The number of nitrogens with zero attached hydrogens (tertiary/aromatic N) is 2. The van der Waals surface area contributed by atoms with E-state index in [1.165, 1.54) is 19.3 Å². The summed E-state index contributed by atoms with van der Waals surface area (Å²) < 4.78 is 7.69. The summed E-state index contributed by atoms with van der Waals surface area (Å²) in [5, 5.41) is 7.68. The van der Waals surface area contributed by atoms with Crippen molar-refractivity contribution >= 4 is 0 Å². The average Bonchev–Trinajstić information content (AvgIpc) is 2.58. The van der Waals surface area contributed by atoms with Crippen LogP contribution in [0.1, 0.15) is 44.0 Å². The second-order valence-corrected chi connectivity index (χ2v) is 4.74. The van der Waals surface area contributed by atoms with E-state index in [4.69, 9.17) is 4.74 Å². The van der Waals surface area contributed by atoms with Gasteiger partial charge in [-0.3, -0.25) is 4.68 Å². The molecule has 0 radical (unpaired) electrons. The van der Waals surface area contributed by atoms with Gasteiger partial charge in [0.25, 0.3) is 0 Å². The third-order valence-electron chi connectivity index (χ3n) is 3.19. The quantitative estimate of drug-likeness (QED) is 0.688. The molecule has 1 aromatic heterocycles. The lowest BCUT2D eigenvalue weighted by atomic mass is 10.2. The summed E-state index contributed by atoms with van der Waals surface area (Å²) in [7, 11) is 1.95. The normalized spacial score (nSPS) is 10.9. The first-order chi connectivity index (χ1) is 8.66. The summed E-state index contributed by atoms with van der Waals surface area (Å²) in [5.74, 6) is 0.963. The van der Waals surface area contributed by atoms with E-state index in [0.717, 1.165) is 43.3 Å². The predicted octanol–water partition coefficient (Wildman–Crippen LogP) is 2.59. The Hall–Kier alpha value is -1.03. The van der Waals surface area contributed by atoms with Crippen LogP contribution in [0, 0.1) is 13.8 Å². The predicted molar refractivity (Wildman–Crippen MR) is 75.2 cm³/mol. The Morgan fingerprint density at radius 3 is 2.50 bits per heavy atom. The van der Waals surface area contributed by atoms with Crippen molar-refractivity contribution in [1.82, 2.24) is 15.1 Å². The maximum Gasteiger partial charge on any atom is 0.162 e. The standard InChI is InChI=1S/C14H27N3O/c1-5-15-10-8-6-7-9-11-18-14-12(2)16-17(4)13(14)3/h15H,5-11H2,1-4H3. The van der Waals surface area contributed by atoms with Crippen LogP contribution in [0.5, 0.6) is 5.75 Å². The molecule has 104 valence electrons. The topological polar surface area (TPSA) is 39.1 Å². The Bertz CT molecular complexity index is 347. The van der Waals surface area contributed by atoms with E-state index in [2.05, 4.69) is 17.3 Å². The SMILES string of the molecule is CCNCCCCCCOc1c(C)nn(C)c1C. The second-order valence-electron chi connectivity index (χ2n) is 4.74. The minimum absolute atomic E-state index is 0.800. The van der Waals surface area contributed by atoms with Crippen molar-refractivity contribution in [2.45, 2.75) is 46.5 Å². The highest BCUT2D eigenvalue weighted by Gasteiger charge is 2.09. The van der Waals surface area contributed by atoms with Crippen molar-refractivity contribution in [2.75, 3.05) is 19.7 Å². The fourth-order valence-electron chi connectivity index (χ4n) is 2.02. The number of hydrogen-bond acceptors (Lipinski definition) is 3. The second kappa shape index (κ2) is 8.14. The van der Waals surface area contributed by atoms with E-state index >= 15 is 0 Å². The van der Waals surface area contributed by atoms with Crippen molar-refractivity contribution in [2.24, 2.45) is 7.05 Å². The molecule has 1 aromatic rings. The number of unbranched alkanes of at least 4 members (excludes halogenated alkanes) is 3. The summed E-state index contributed by atoms with van der Waals surface area (Å²) in [6, 6.07) is 0. The molecule has 0 fully saturated rings. The fraction of sp³-hybridized carbons (Fsp3) is 0.786. The minimum atomic E-state index is 0.800. The molecule has 0 saturated heterocycles. The lowest BCUT2D eigenvalue weighted by molar-refractivity contribution is 0.300. The van der Waals surface area contributed by atoms with E-state index in [1.54, 1.807) is 0 Å². The molecule has 0 aliphatic heterocycles. The van der Waals surface area contributed by atoms with Gasteiger partial charge in [0.2, 0.25) is 0 Å². The first-order valence-electron chi connectivity index (χ1n) is 7.00. The third kappa shape index (κ3) is 4.69. The van der Waals surface area contributed by atoms with Crippen LogP contribution in [-0.2, 0) is 7.05 Å². The fourth-order valence-corrected chi connectivity index (χ4v) is 2.02. The van der Waals surface area contributed by atoms with Gasteiger partial charge >= 0.3 is 0 Å². The highest BCUT2D eigenvalue weighted by Crippen LogP contribution is 2.21.